The number of esters is 1. The Labute approximate surface area is 197 Å². The molecule has 1 unspecified atom stereocenters. The van der Waals surface area contributed by atoms with Gasteiger partial charge in [-0.2, -0.15) is 0 Å². The molecule has 4 aliphatic carbocycles. The van der Waals surface area contributed by atoms with Crippen molar-refractivity contribution >= 4 is 17.5 Å². The highest BCUT2D eigenvalue weighted by Crippen LogP contribution is 2.60. The van der Waals surface area contributed by atoms with E-state index >= 15 is 0 Å². The summed E-state index contributed by atoms with van der Waals surface area (Å²) in [6, 6.07) is 4.19. The van der Waals surface area contributed by atoms with Gasteiger partial charge in [0.05, 0.1) is 17.2 Å². The fourth-order valence-corrected chi connectivity index (χ4v) is 7.51. The van der Waals surface area contributed by atoms with Crippen LogP contribution in [0.4, 0.5) is 0 Å². The van der Waals surface area contributed by atoms with Gasteiger partial charge in [0.25, 0.3) is 5.56 Å². The molecule has 3 heterocycles. The quantitative estimate of drug-likeness (QED) is 0.695. The maximum absolute atomic E-state index is 13.8. The Morgan fingerprint density at radius 1 is 1.12 bits per heavy atom. The van der Waals surface area contributed by atoms with Crippen LogP contribution in [0.3, 0.4) is 0 Å². The third-order valence-corrected chi connectivity index (χ3v) is 8.53. The van der Waals surface area contributed by atoms with Crippen molar-refractivity contribution in [2.24, 2.45) is 23.2 Å². The molecular formula is C26H31N3O5. The Hall–Kier alpha value is -2.74. The molecule has 8 nitrogen and oxygen atoms in total. The van der Waals surface area contributed by atoms with Crippen molar-refractivity contribution in [3.8, 4) is 0 Å². The molecular weight excluding hydrogens is 434 g/mol. The van der Waals surface area contributed by atoms with E-state index in [1.165, 1.54) is 29.7 Å². The van der Waals surface area contributed by atoms with Gasteiger partial charge in [0.1, 0.15) is 18.3 Å². The Morgan fingerprint density at radius 2 is 1.79 bits per heavy atom. The van der Waals surface area contributed by atoms with Crippen LogP contribution in [0, 0.1) is 30.1 Å². The monoisotopic (exact) mass is 465 g/mol. The van der Waals surface area contributed by atoms with Gasteiger partial charge in [0.15, 0.2) is 0 Å². The molecule has 1 amide bonds. The molecule has 7 rings (SSSR count). The number of aliphatic hydroxyl groups is 1. The van der Waals surface area contributed by atoms with Crippen LogP contribution in [-0.4, -0.2) is 50.0 Å². The predicted molar refractivity (Wildman–Crippen MR) is 123 cm³/mol. The lowest BCUT2D eigenvalue weighted by molar-refractivity contribution is -0.166. The molecule has 2 aromatic rings. The number of hydrogen-bond acceptors (Lipinski definition) is 6. The van der Waals surface area contributed by atoms with Gasteiger partial charge >= 0.3 is 5.97 Å². The summed E-state index contributed by atoms with van der Waals surface area (Å²) in [5.74, 6) is 1.35. The molecule has 2 atom stereocenters. The number of amides is 1. The first kappa shape index (κ1) is 21.8. The van der Waals surface area contributed by atoms with Gasteiger partial charge in [-0.1, -0.05) is 6.07 Å². The average molecular weight is 466 g/mol. The van der Waals surface area contributed by atoms with Crippen molar-refractivity contribution in [3.63, 3.8) is 0 Å². The van der Waals surface area contributed by atoms with E-state index in [4.69, 9.17) is 4.74 Å². The lowest BCUT2D eigenvalue weighted by Gasteiger charge is -2.56. The van der Waals surface area contributed by atoms with Crippen molar-refractivity contribution in [1.82, 2.24) is 14.3 Å². The highest BCUT2D eigenvalue weighted by Gasteiger charge is 2.57. The molecule has 0 aromatic carbocycles. The molecule has 1 saturated heterocycles. The van der Waals surface area contributed by atoms with Crippen LogP contribution in [0.15, 0.2) is 29.2 Å². The Bertz CT molecular complexity index is 1190. The minimum Gasteiger partial charge on any atom is -0.458 e. The van der Waals surface area contributed by atoms with Crippen LogP contribution in [-0.2, 0) is 20.9 Å². The van der Waals surface area contributed by atoms with Crippen LogP contribution >= 0.6 is 0 Å². The van der Waals surface area contributed by atoms with Gasteiger partial charge in [-0.3, -0.25) is 14.0 Å². The number of aromatic nitrogens is 2. The van der Waals surface area contributed by atoms with E-state index in [0.29, 0.717) is 29.1 Å². The SMILES string of the molecule is Cc1ccc2nc(COC(=O)[C@@H]3CC(O)CN3C(=O)C34CC5CC(CC(C5)C3)C4)cc(=O)n2c1. The maximum atomic E-state index is 13.8. The number of likely N-dealkylation sites (tertiary alicyclic amines) is 1. The van der Waals surface area contributed by atoms with Crippen LogP contribution in [0.2, 0.25) is 0 Å². The van der Waals surface area contributed by atoms with Crippen molar-refractivity contribution in [3.05, 3.63) is 46.0 Å². The first-order valence-electron chi connectivity index (χ1n) is 12.4. The molecule has 2 aromatic heterocycles. The Balaban J connectivity index is 1.18. The zero-order chi connectivity index (χ0) is 23.6. The van der Waals surface area contributed by atoms with Crippen LogP contribution in [0.1, 0.15) is 56.2 Å². The molecule has 180 valence electrons. The number of fused-ring (bicyclic) bond motifs is 1. The molecule has 1 aliphatic heterocycles. The highest BCUT2D eigenvalue weighted by atomic mass is 16.5. The van der Waals surface area contributed by atoms with Crippen LogP contribution in [0.5, 0.6) is 0 Å². The summed E-state index contributed by atoms with van der Waals surface area (Å²) in [4.78, 5) is 45.3. The molecule has 0 radical (unpaired) electrons. The van der Waals surface area contributed by atoms with Gasteiger partial charge in [0.2, 0.25) is 5.91 Å². The zero-order valence-corrected chi connectivity index (χ0v) is 19.5. The average Bonchev–Trinajstić information content (AvgIpc) is 3.18. The third kappa shape index (κ3) is 3.63. The minimum absolute atomic E-state index is 0.0301. The topological polar surface area (TPSA) is 101 Å². The normalized spacial score (nSPS) is 34.1. The van der Waals surface area contributed by atoms with E-state index in [1.54, 1.807) is 17.2 Å². The van der Waals surface area contributed by atoms with Gasteiger partial charge in [-0.15, -0.1) is 0 Å². The molecule has 5 aliphatic rings. The number of carbonyl (C=O) groups excluding carboxylic acids is 2. The summed E-state index contributed by atoms with van der Waals surface area (Å²) in [7, 11) is 0. The van der Waals surface area contributed by atoms with Crippen LogP contribution in [0.25, 0.3) is 5.65 Å². The number of aryl methyl sites for hydroxylation is 1. The smallest absolute Gasteiger partial charge is 0.329 e. The number of nitrogens with zero attached hydrogens (tertiary/aromatic N) is 3. The van der Waals surface area contributed by atoms with Crippen molar-refractivity contribution in [2.45, 2.75) is 70.6 Å². The fraction of sp³-hybridized carbons (Fsp3) is 0.615. The predicted octanol–water partition coefficient (Wildman–Crippen LogP) is 2.22. The summed E-state index contributed by atoms with van der Waals surface area (Å²) < 4.78 is 6.99. The lowest BCUT2D eigenvalue weighted by atomic mass is 9.49. The number of pyridine rings is 1. The number of β-amino-alcohol motifs (C(OH)–C–C–N with tert-alkyl or cyclic N) is 1. The number of aliphatic hydroxyl groups excluding tert-OH is 1. The highest BCUT2D eigenvalue weighted by molar-refractivity contribution is 5.89. The minimum atomic E-state index is -0.792. The number of rotatable bonds is 4. The van der Waals surface area contributed by atoms with Gasteiger partial charge < -0.3 is 14.7 Å². The third-order valence-electron chi connectivity index (χ3n) is 8.53. The first-order valence-corrected chi connectivity index (χ1v) is 12.4. The van der Waals surface area contributed by atoms with E-state index in [1.807, 2.05) is 13.0 Å². The van der Waals surface area contributed by atoms with E-state index < -0.39 is 18.1 Å². The number of ether oxygens (including phenoxy) is 1. The second-order valence-electron chi connectivity index (χ2n) is 11.2. The van der Waals surface area contributed by atoms with Crippen molar-refractivity contribution in [1.29, 1.82) is 0 Å². The molecule has 8 heteroatoms. The van der Waals surface area contributed by atoms with E-state index in [2.05, 4.69) is 4.98 Å². The molecule has 1 N–H and O–H groups in total. The second kappa shape index (κ2) is 7.90. The largest absolute Gasteiger partial charge is 0.458 e. The summed E-state index contributed by atoms with van der Waals surface area (Å²) in [6.45, 7) is 1.92. The van der Waals surface area contributed by atoms with Gasteiger partial charge in [0, 0.05) is 25.2 Å². The van der Waals surface area contributed by atoms with Crippen molar-refractivity contribution < 1.29 is 19.4 Å². The number of carbonyl (C=O) groups is 2. The maximum Gasteiger partial charge on any atom is 0.329 e. The van der Waals surface area contributed by atoms with E-state index in [9.17, 15) is 19.5 Å². The molecule has 0 spiro atoms. The van der Waals surface area contributed by atoms with Gasteiger partial charge in [-0.25, -0.2) is 9.78 Å². The summed E-state index contributed by atoms with van der Waals surface area (Å²) in [5.41, 5.74) is 1.18. The molecule has 4 bridgehead atoms. The summed E-state index contributed by atoms with van der Waals surface area (Å²) >= 11 is 0. The standard InChI is InChI=1S/C26H31N3O5/c1-15-2-3-22-27-19(7-23(31)29(22)12-15)14-34-24(32)21-8-20(30)13-28(21)25(33)26-9-16-4-17(10-26)6-18(5-16)11-26/h2-3,7,12,16-18,20-21,30H,4-6,8-11,13-14H2,1H3/t16?,17?,18?,20?,21-,26?/m0/s1. The fourth-order valence-electron chi connectivity index (χ4n) is 7.51. The molecule has 4 saturated carbocycles. The summed E-state index contributed by atoms with van der Waals surface area (Å²) in [6.07, 6.45) is 7.61. The van der Waals surface area contributed by atoms with Gasteiger partial charge in [-0.05, 0) is 74.8 Å². The second-order valence-corrected chi connectivity index (χ2v) is 11.2. The molecule has 5 fully saturated rings. The van der Waals surface area contributed by atoms with Crippen LogP contribution < -0.4 is 5.56 Å². The summed E-state index contributed by atoms with van der Waals surface area (Å²) in [5, 5.41) is 10.4. The van der Waals surface area contributed by atoms with Crippen molar-refractivity contribution in [2.75, 3.05) is 6.54 Å². The Morgan fingerprint density at radius 3 is 2.47 bits per heavy atom. The molecule has 34 heavy (non-hydrogen) atoms. The van der Waals surface area contributed by atoms with E-state index in [0.717, 1.165) is 24.8 Å². The van der Waals surface area contributed by atoms with E-state index in [-0.39, 0.29) is 36.5 Å². The Kier molecular flexibility index (Phi) is 5.06. The lowest BCUT2D eigenvalue weighted by Crippen LogP contribution is -2.56. The zero-order valence-electron chi connectivity index (χ0n) is 19.5. The first-order chi connectivity index (χ1) is 16.3. The number of hydrogen-bond donors (Lipinski definition) is 1.